The summed E-state index contributed by atoms with van der Waals surface area (Å²) in [5.74, 6) is 0. The Morgan fingerprint density at radius 2 is 2.13 bits per heavy atom. The molecule has 1 aromatic carbocycles. The first-order chi connectivity index (χ1) is 7.36. The first kappa shape index (κ1) is 8.86. The van der Waals surface area contributed by atoms with Crippen molar-refractivity contribution in [3.63, 3.8) is 0 Å². The van der Waals surface area contributed by atoms with Crippen LogP contribution in [0.3, 0.4) is 0 Å². The molecule has 2 aromatic rings. The zero-order valence-corrected chi connectivity index (χ0v) is 8.48. The number of aromatic nitrogens is 1. The summed E-state index contributed by atoms with van der Waals surface area (Å²) in [6, 6.07) is 8.29. The summed E-state index contributed by atoms with van der Waals surface area (Å²) < 4.78 is 0. The fourth-order valence-electron chi connectivity index (χ4n) is 2.25. The number of aliphatic hydroxyl groups is 1. The molecular formula is C13H13NO. The maximum Gasteiger partial charge on any atom is 0.0528 e. The van der Waals surface area contributed by atoms with E-state index in [1.165, 1.54) is 10.9 Å². The lowest BCUT2D eigenvalue weighted by Gasteiger charge is -2.14. The third-order valence-corrected chi connectivity index (χ3v) is 3.41. The SMILES string of the molecule is OCC1(c2cccc3cnccc23)CC1. The second-order valence-corrected chi connectivity index (χ2v) is 4.34. The highest BCUT2D eigenvalue weighted by Crippen LogP contribution is 2.49. The maximum absolute atomic E-state index is 9.45. The Morgan fingerprint density at radius 1 is 1.27 bits per heavy atom. The van der Waals surface area contributed by atoms with Gasteiger partial charge < -0.3 is 5.11 Å². The summed E-state index contributed by atoms with van der Waals surface area (Å²) in [6.45, 7) is 0.258. The number of aliphatic hydroxyl groups excluding tert-OH is 1. The molecule has 1 aliphatic carbocycles. The first-order valence-corrected chi connectivity index (χ1v) is 5.30. The third-order valence-electron chi connectivity index (χ3n) is 3.41. The van der Waals surface area contributed by atoms with E-state index in [1.807, 2.05) is 18.5 Å². The number of nitrogens with zero attached hydrogens (tertiary/aromatic N) is 1. The molecule has 0 amide bonds. The lowest BCUT2D eigenvalue weighted by atomic mass is 9.92. The Balaban J connectivity index is 2.27. The van der Waals surface area contributed by atoms with Gasteiger partial charge >= 0.3 is 0 Å². The predicted molar refractivity (Wildman–Crippen MR) is 59.7 cm³/mol. The van der Waals surface area contributed by atoms with Gasteiger partial charge in [0.05, 0.1) is 6.61 Å². The van der Waals surface area contributed by atoms with Crippen LogP contribution in [-0.2, 0) is 5.41 Å². The largest absolute Gasteiger partial charge is 0.395 e. The van der Waals surface area contributed by atoms with Gasteiger partial charge in [-0.05, 0) is 29.9 Å². The summed E-state index contributed by atoms with van der Waals surface area (Å²) in [5, 5.41) is 11.9. The van der Waals surface area contributed by atoms with Crippen molar-refractivity contribution in [2.24, 2.45) is 0 Å². The molecule has 0 saturated heterocycles. The molecule has 0 radical (unpaired) electrons. The van der Waals surface area contributed by atoms with Gasteiger partial charge in [0.15, 0.2) is 0 Å². The third kappa shape index (κ3) is 1.25. The molecule has 0 unspecified atom stereocenters. The van der Waals surface area contributed by atoms with Crippen LogP contribution in [0.4, 0.5) is 0 Å². The minimum atomic E-state index is 0.0425. The van der Waals surface area contributed by atoms with Crippen LogP contribution in [0.25, 0.3) is 10.8 Å². The van der Waals surface area contributed by atoms with Crippen LogP contribution in [0, 0.1) is 0 Å². The number of benzene rings is 1. The monoisotopic (exact) mass is 199 g/mol. The Kier molecular flexibility index (Phi) is 1.80. The van der Waals surface area contributed by atoms with Crippen molar-refractivity contribution in [3.05, 3.63) is 42.2 Å². The van der Waals surface area contributed by atoms with Gasteiger partial charge in [-0.1, -0.05) is 18.2 Å². The molecule has 1 heterocycles. The van der Waals surface area contributed by atoms with E-state index in [-0.39, 0.29) is 12.0 Å². The van der Waals surface area contributed by atoms with E-state index < -0.39 is 0 Å². The number of fused-ring (bicyclic) bond motifs is 1. The smallest absolute Gasteiger partial charge is 0.0528 e. The molecular weight excluding hydrogens is 186 g/mol. The minimum Gasteiger partial charge on any atom is -0.395 e. The first-order valence-electron chi connectivity index (χ1n) is 5.30. The van der Waals surface area contributed by atoms with Gasteiger partial charge in [0.2, 0.25) is 0 Å². The average Bonchev–Trinajstić information content (AvgIpc) is 3.09. The summed E-state index contributed by atoms with van der Waals surface area (Å²) in [6.07, 6.45) is 5.90. The second kappa shape index (κ2) is 3.04. The Bertz CT molecular complexity index is 497. The molecule has 2 nitrogen and oxygen atoms in total. The molecule has 1 aliphatic rings. The summed E-state index contributed by atoms with van der Waals surface area (Å²) in [5.41, 5.74) is 1.32. The predicted octanol–water partition coefficient (Wildman–Crippen LogP) is 2.26. The van der Waals surface area contributed by atoms with E-state index in [0.29, 0.717) is 0 Å². The van der Waals surface area contributed by atoms with E-state index in [9.17, 15) is 5.11 Å². The summed E-state index contributed by atoms with van der Waals surface area (Å²) >= 11 is 0. The van der Waals surface area contributed by atoms with Crippen molar-refractivity contribution in [1.82, 2.24) is 4.98 Å². The summed E-state index contributed by atoms with van der Waals surface area (Å²) in [4.78, 5) is 4.12. The van der Waals surface area contributed by atoms with Gasteiger partial charge in [-0.25, -0.2) is 0 Å². The molecule has 76 valence electrons. The molecule has 0 bridgehead atoms. The zero-order valence-electron chi connectivity index (χ0n) is 8.48. The average molecular weight is 199 g/mol. The van der Waals surface area contributed by atoms with Crippen molar-refractivity contribution in [3.8, 4) is 0 Å². The van der Waals surface area contributed by atoms with Gasteiger partial charge in [-0.3, -0.25) is 4.98 Å². The lowest BCUT2D eigenvalue weighted by molar-refractivity contribution is 0.256. The van der Waals surface area contributed by atoms with Crippen molar-refractivity contribution in [1.29, 1.82) is 0 Å². The fraction of sp³-hybridized carbons (Fsp3) is 0.308. The highest BCUT2D eigenvalue weighted by atomic mass is 16.3. The van der Waals surface area contributed by atoms with Crippen molar-refractivity contribution >= 4 is 10.8 Å². The fourth-order valence-corrected chi connectivity index (χ4v) is 2.25. The quantitative estimate of drug-likeness (QED) is 0.804. The minimum absolute atomic E-state index is 0.0425. The van der Waals surface area contributed by atoms with Gasteiger partial charge in [-0.2, -0.15) is 0 Å². The molecule has 0 atom stereocenters. The molecule has 1 N–H and O–H groups in total. The molecule has 15 heavy (non-hydrogen) atoms. The molecule has 1 aromatic heterocycles. The number of pyridine rings is 1. The Labute approximate surface area is 88.6 Å². The van der Waals surface area contributed by atoms with Crippen LogP contribution in [0.2, 0.25) is 0 Å². The summed E-state index contributed by atoms with van der Waals surface area (Å²) in [7, 11) is 0. The van der Waals surface area contributed by atoms with Crippen molar-refractivity contribution in [2.75, 3.05) is 6.61 Å². The van der Waals surface area contributed by atoms with E-state index >= 15 is 0 Å². The van der Waals surface area contributed by atoms with Crippen LogP contribution < -0.4 is 0 Å². The van der Waals surface area contributed by atoms with Crippen LogP contribution in [-0.4, -0.2) is 16.7 Å². The molecule has 0 aliphatic heterocycles. The molecule has 0 spiro atoms. The van der Waals surface area contributed by atoms with Gasteiger partial charge in [0.1, 0.15) is 0 Å². The molecule has 2 heteroatoms. The lowest BCUT2D eigenvalue weighted by Crippen LogP contribution is -2.12. The Hall–Kier alpha value is -1.41. The topological polar surface area (TPSA) is 33.1 Å². The molecule has 1 fully saturated rings. The van der Waals surface area contributed by atoms with Crippen LogP contribution in [0.1, 0.15) is 18.4 Å². The second-order valence-electron chi connectivity index (χ2n) is 4.34. The number of rotatable bonds is 2. The number of hydrogen-bond donors (Lipinski definition) is 1. The highest BCUT2D eigenvalue weighted by Gasteiger charge is 2.44. The van der Waals surface area contributed by atoms with E-state index in [1.54, 1.807) is 0 Å². The van der Waals surface area contributed by atoms with Crippen LogP contribution >= 0.6 is 0 Å². The van der Waals surface area contributed by atoms with Crippen LogP contribution in [0.15, 0.2) is 36.7 Å². The maximum atomic E-state index is 9.45. The van der Waals surface area contributed by atoms with Gasteiger partial charge in [-0.15, -0.1) is 0 Å². The number of hydrogen-bond acceptors (Lipinski definition) is 2. The van der Waals surface area contributed by atoms with Gasteiger partial charge in [0, 0.05) is 23.2 Å². The normalized spacial score (nSPS) is 17.9. The van der Waals surface area contributed by atoms with Gasteiger partial charge in [0.25, 0.3) is 0 Å². The van der Waals surface area contributed by atoms with E-state index in [0.717, 1.165) is 18.2 Å². The van der Waals surface area contributed by atoms with E-state index in [4.69, 9.17) is 0 Å². The van der Waals surface area contributed by atoms with E-state index in [2.05, 4.69) is 23.2 Å². The Morgan fingerprint density at radius 3 is 2.87 bits per heavy atom. The van der Waals surface area contributed by atoms with Crippen molar-refractivity contribution < 1.29 is 5.11 Å². The zero-order chi connectivity index (χ0) is 10.3. The highest BCUT2D eigenvalue weighted by molar-refractivity contribution is 5.86. The molecule has 1 saturated carbocycles. The molecule has 3 rings (SSSR count). The van der Waals surface area contributed by atoms with Crippen molar-refractivity contribution in [2.45, 2.75) is 18.3 Å². The van der Waals surface area contributed by atoms with Crippen LogP contribution in [0.5, 0.6) is 0 Å². The standard InChI is InChI=1S/C13H13NO/c15-9-13(5-6-13)12-3-1-2-10-8-14-7-4-11(10)12/h1-4,7-8,15H,5-6,9H2.